The van der Waals surface area contributed by atoms with Crippen LogP contribution in [-0.2, 0) is 28.7 Å². The van der Waals surface area contributed by atoms with E-state index in [1.807, 2.05) is 13.8 Å². The van der Waals surface area contributed by atoms with E-state index in [4.69, 9.17) is 21.1 Å². The molecule has 45 heavy (non-hydrogen) atoms. The van der Waals surface area contributed by atoms with Gasteiger partial charge in [-0.05, 0) is 37.8 Å². The minimum Gasteiger partial charge on any atom is -0.460 e. The highest BCUT2D eigenvalue weighted by molar-refractivity contribution is 9.09. The standard InChI is InChI=1S/C33H43BrClN3O7/c1-6-9-14-25(40)36-17-20(5)44-32(43)26-27-30(41)38(24(18-39)19(4)8-3)29(33(27)16-21(34)28(26)45-33)31(42)37(15-7-2)23-13-11-10-12-22(23)35/h6-7,10-13,19-21,24,26-29,39H,1-2,8-9,14-18H2,3-5H3,(H,36,40)/t19-,20+,21?,24-,26+,27-,28+,29+,33-/m0/s1. The number of rotatable bonds is 15. The smallest absolute Gasteiger partial charge is 0.312 e. The van der Waals surface area contributed by atoms with Crippen molar-refractivity contribution in [3.8, 4) is 0 Å². The molecule has 3 fully saturated rings. The van der Waals surface area contributed by atoms with Gasteiger partial charge in [0, 0.05) is 17.8 Å². The average molecular weight is 709 g/mol. The lowest BCUT2D eigenvalue weighted by molar-refractivity contribution is -0.160. The number of carbonyl (C=O) groups is 4. The van der Waals surface area contributed by atoms with Crippen LogP contribution >= 0.6 is 27.5 Å². The van der Waals surface area contributed by atoms with Crippen molar-refractivity contribution >= 4 is 56.9 Å². The third-order valence-corrected chi connectivity index (χ3v) is 10.4. The number of amides is 3. The zero-order valence-corrected chi connectivity index (χ0v) is 28.3. The average Bonchev–Trinajstić information content (AvgIpc) is 3.61. The van der Waals surface area contributed by atoms with Crippen LogP contribution in [0.4, 0.5) is 5.69 Å². The summed E-state index contributed by atoms with van der Waals surface area (Å²) in [5.41, 5.74) is -0.913. The number of carbonyl (C=O) groups excluding carboxylic acids is 4. The van der Waals surface area contributed by atoms with Crippen LogP contribution in [-0.4, -0.2) is 88.1 Å². The minimum absolute atomic E-state index is 0.101. The molecule has 0 radical (unpaired) electrons. The summed E-state index contributed by atoms with van der Waals surface area (Å²) in [5, 5.41) is 13.7. The second-order valence-electron chi connectivity index (χ2n) is 12.1. The Labute approximate surface area is 278 Å². The molecule has 3 aliphatic heterocycles. The number of alkyl halides is 1. The highest BCUT2D eigenvalue weighted by atomic mass is 79.9. The van der Waals surface area contributed by atoms with Gasteiger partial charge in [-0.15, -0.1) is 13.2 Å². The van der Waals surface area contributed by atoms with Crippen molar-refractivity contribution in [1.82, 2.24) is 10.2 Å². The van der Waals surface area contributed by atoms with Gasteiger partial charge >= 0.3 is 5.97 Å². The molecule has 12 heteroatoms. The van der Waals surface area contributed by atoms with E-state index in [1.54, 1.807) is 43.3 Å². The zero-order valence-electron chi connectivity index (χ0n) is 26.0. The van der Waals surface area contributed by atoms with Gasteiger partial charge in [-0.25, -0.2) is 0 Å². The maximum atomic E-state index is 14.8. The van der Waals surface area contributed by atoms with Crippen LogP contribution in [0.15, 0.2) is 49.6 Å². The molecule has 0 aromatic heterocycles. The van der Waals surface area contributed by atoms with Gasteiger partial charge in [0.2, 0.25) is 11.8 Å². The van der Waals surface area contributed by atoms with Crippen molar-refractivity contribution in [3.63, 3.8) is 0 Å². The third-order valence-electron chi connectivity index (χ3n) is 9.28. The number of aliphatic hydroxyl groups excluding tert-OH is 1. The van der Waals surface area contributed by atoms with Gasteiger partial charge in [-0.1, -0.05) is 72.1 Å². The van der Waals surface area contributed by atoms with E-state index in [9.17, 15) is 24.3 Å². The summed E-state index contributed by atoms with van der Waals surface area (Å²) in [7, 11) is 0. The van der Waals surface area contributed by atoms with E-state index >= 15 is 0 Å². The van der Waals surface area contributed by atoms with Gasteiger partial charge in [0.15, 0.2) is 0 Å². The topological polar surface area (TPSA) is 125 Å². The number of aliphatic hydroxyl groups is 1. The third kappa shape index (κ3) is 6.59. The summed E-state index contributed by atoms with van der Waals surface area (Å²) in [6.07, 6.45) is 3.57. The Balaban J connectivity index is 1.72. The molecule has 3 heterocycles. The fourth-order valence-electron chi connectivity index (χ4n) is 6.94. The second kappa shape index (κ2) is 14.8. The molecule has 2 bridgehead atoms. The SMILES string of the molecule is C=CCCC(=O)NC[C@@H](C)OC(=O)[C@H]1[C@@H]2O[C@@]3(CC2Br)[C@@H]1C(=O)N([C@@H](CO)[C@@H](C)CC)[C@@H]3C(=O)N(CC=C)c1ccccc1Cl. The molecule has 0 aliphatic carbocycles. The predicted molar refractivity (Wildman–Crippen MR) is 175 cm³/mol. The Hall–Kier alpha value is -2.73. The van der Waals surface area contributed by atoms with Crippen LogP contribution in [0, 0.1) is 17.8 Å². The molecule has 0 saturated carbocycles. The quantitative estimate of drug-likeness (QED) is 0.160. The van der Waals surface area contributed by atoms with Crippen LogP contribution in [0.25, 0.3) is 0 Å². The largest absolute Gasteiger partial charge is 0.460 e. The van der Waals surface area contributed by atoms with Gasteiger partial charge in [0.25, 0.3) is 5.91 Å². The number of para-hydroxylation sites is 1. The molecule has 1 aromatic carbocycles. The molecule has 3 amide bonds. The van der Waals surface area contributed by atoms with E-state index in [0.717, 1.165) is 0 Å². The Kier molecular flexibility index (Phi) is 11.5. The first-order valence-electron chi connectivity index (χ1n) is 15.5. The van der Waals surface area contributed by atoms with E-state index in [2.05, 4.69) is 34.4 Å². The number of anilines is 1. The highest BCUT2D eigenvalue weighted by Crippen LogP contribution is 2.61. The second-order valence-corrected chi connectivity index (χ2v) is 13.7. The molecule has 3 saturated heterocycles. The Bertz CT molecular complexity index is 1310. The Morgan fingerprint density at radius 1 is 1.29 bits per heavy atom. The molecule has 9 atom stereocenters. The lowest BCUT2D eigenvalue weighted by Gasteiger charge is -2.41. The van der Waals surface area contributed by atoms with Gasteiger partial charge in [0.05, 0.1) is 47.8 Å². The Morgan fingerprint density at radius 2 is 2.00 bits per heavy atom. The molecule has 246 valence electrons. The molecule has 2 N–H and O–H groups in total. The van der Waals surface area contributed by atoms with Crippen molar-refractivity contribution in [2.45, 2.75) is 81.2 Å². The van der Waals surface area contributed by atoms with Gasteiger partial charge < -0.3 is 29.7 Å². The molecule has 4 rings (SSSR count). The summed E-state index contributed by atoms with van der Waals surface area (Å²) in [5.74, 6) is -3.87. The van der Waals surface area contributed by atoms with Crippen molar-refractivity contribution < 1.29 is 33.8 Å². The fraction of sp³-hybridized carbons (Fsp3) is 0.576. The molecule has 1 unspecified atom stereocenters. The van der Waals surface area contributed by atoms with E-state index < -0.39 is 59.5 Å². The van der Waals surface area contributed by atoms with Crippen LogP contribution < -0.4 is 10.2 Å². The number of esters is 1. The van der Waals surface area contributed by atoms with Crippen LogP contribution in [0.1, 0.15) is 46.5 Å². The van der Waals surface area contributed by atoms with E-state index in [-0.39, 0.29) is 42.8 Å². The van der Waals surface area contributed by atoms with Gasteiger partial charge in [0.1, 0.15) is 17.7 Å². The van der Waals surface area contributed by atoms with Crippen LogP contribution in [0.2, 0.25) is 5.02 Å². The molecule has 1 spiro atoms. The molecular formula is C33H43BrClN3O7. The maximum Gasteiger partial charge on any atom is 0.312 e. The number of fused-ring (bicyclic) bond motifs is 1. The van der Waals surface area contributed by atoms with Crippen LogP contribution in [0.5, 0.6) is 0 Å². The lowest BCUT2D eigenvalue weighted by Crippen LogP contribution is -2.60. The molecular weight excluding hydrogens is 666 g/mol. The summed E-state index contributed by atoms with van der Waals surface area (Å²) in [6.45, 7) is 12.8. The monoisotopic (exact) mass is 707 g/mol. The van der Waals surface area contributed by atoms with E-state index in [0.29, 0.717) is 30.0 Å². The number of nitrogens with zero attached hydrogens (tertiary/aromatic N) is 2. The molecule has 1 aromatic rings. The lowest BCUT2D eigenvalue weighted by atomic mass is 9.70. The van der Waals surface area contributed by atoms with Crippen molar-refractivity contribution in [1.29, 1.82) is 0 Å². The number of likely N-dealkylation sites (tertiary alicyclic amines) is 1. The number of benzene rings is 1. The first-order valence-corrected chi connectivity index (χ1v) is 16.8. The minimum atomic E-state index is -1.36. The summed E-state index contributed by atoms with van der Waals surface area (Å²) >= 11 is 10.2. The summed E-state index contributed by atoms with van der Waals surface area (Å²) < 4.78 is 12.4. The van der Waals surface area contributed by atoms with Gasteiger partial charge in [-0.2, -0.15) is 0 Å². The zero-order chi connectivity index (χ0) is 33.1. The number of hydrogen-bond acceptors (Lipinski definition) is 7. The van der Waals surface area contributed by atoms with Crippen molar-refractivity contribution in [2.75, 3.05) is 24.6 Å². The van der Waals surface area contributed by atoms with E-state index in [1.165, 1.54) is 9.80 Å². The first kappa shape index (κ1) is 35.1. The maximum absolute atomic E-state index is 14.8. The highest BCUT2D eigenvalue weighted by Gasteiger charge is 2.77. The Morgan fingerprint density at radius 3 is 2.62 bits per heavy atom. The number of nitrogens with one attached hydrogen (secondary N) is 1. The molecule has 10 nitrogen and oxygen atoms in total. The van der Waals surface area contributed by atoms with Crippen molar-refractivity contribution in [2.24, 2.45) is 17.8 Å². The summed E-state index contributed by atoms with van der Waals surface area (Å²) in [6, 6.07) is 5.06. The number of ether oxygens (including phenoxy) is 2. The van der Waals surface area contributed by atoms with Gasteiger partial charge in [-0.3, -0.25) is 19.2 Å². The number of allylic oxidation sites excluding steroid dienone is 1. The number of halogens is 2. The van der Waals surface area contributed by atoms with Crippen molar-refractivity contribution in [3.05, 3.63) is 54.6 Å². The summed E-state index contributed by atoms with van der Waals surface area (Å²) in [4.78, 5) is 57.8. The number of hydrogen-bond donors (Lipinski definition) is 2. The fourth-order valence-corrected chi connectivity index (χ4v) is 8.12. The molecule has 3 aliphatic rings. The predicted octanol–water partition coefficient (Wildman–Crippen LogP) is 4.03. The van der Waals surface area contributed by atoms with Crippen LogP contribution in [0.3, 0.4) is 0 Å². The normalized spacial score (nSPS) is 28.6. The first-order chi connectivity index (χ1) is 21.5.